The average molecular weight is 496 g/mol. The fraction of sp³-hybridized carbons (Fsp3) is 0.379. The maximum absolute atomic E-state index is 13.3. The van der Waals surface area contributed by atoms with Gasteiger partial charge in [-0.3, -0.25) is 9.69 Å². The minimum Gasteiger partial charge on any atom is -0.324 e. The summed E-state index contributed by atoms with van der Waals surface area (Å²) in [5, 5.41) is 3.82. The van der Waals surface area contributed by atoms with Gasteiger partial charge in [0.05, 0.1) is 6.54 Å². The van der Waals surface area contributed by atoms with Crippen LogP contribution in [0.5, 0.6) is 0 Å². The number of aromatic nitrogens is 5. The van der Waals surface area contributed by atoms with Crippen LogP contribution in [0.25, 0.3) is 16.9 Å². The molecule has 4 aromatic rings. The first-order valence-corrected chi connectivity index (χ1v) is 13.0. The molecule has 1 fully saturated rings. The molecule has 0 unspecified atom stereocenters. The van der Waals surface area contributed by atoms with E-state index in [1.165, 1.54) is 24.0 Å². The summed E-state index contributed by atoms with van der Waals surface area (Å²) in [6, 6.07) is 13.1. The van der Waals surface area contributed by atoms with Crippen LogP contribution in [0.15, 0.2) is 60.0 Å². The van der Waals surface area contributed by atoms with Crippen molar-refractivity contribution in [1.29, 1.82) is 0 Å². The summed E-state index contributed by atoms with van der Waals surface area (Å²) in [7, 11) is 0. The summed E-state index contributed by atoms with van der Waals surface area (Å²) in [6.07, 6.45) is 7.04. The van der Waals surface area contributed by atoms with E-state index in [-0.39, 0.29) is 11.0 Å². The van der Waals surface area contributed by atoms with Crippen LogP contribution in [-0.4, -0.2) is 41.8 Å². The summed E-state index contributed by atoms with van der Waals surface area (Å²) in [4.78, 5) is 30.1. The van der Waals surface area contributed by atoms with Gasteiger partial charge in [0.25, 0.3) is 5.56 Å². The van der Waals surface area contributed by atoms with Crippen LogP contribution in [0, 0.1) is 0 Å². The van der Waals surface area contributed by atoms with E-state index in [0.717, 1.165) is 36.9 Å². The lowest BCUT2D eigenvalue weighted by Crippen LogP contribution is -2.32. The van der Waals surface area contributed by atoms with Crippen molar-refractivity contribution in [1.82, 2.24) is 29.2 Å². The van der Waals surface area contributed by atoms with E-state index in [1.807, 2.05) is 18.2 Å². The molecule has 8 heteroatoms. The van der Waals surface area contributed by atoms with Crippen molar-refractivity contribution in [3.63, 3.8) is 0 Å². The number of hydrogen-bond acceptors (Lipinski definition) is 6. The Hall–Kier alpha value is -3.78. The van der Waals surface area contributed by atoms with Crippen LogP contribution < -0.4 is 10.9 Å². The standard InChI is InChI=1S/C29H33N7O/c1-5-14-35-27(37)23-17-30-28(33-26(23)36(35)25-8-6-7-24(32-25)29(2,3)4)31-21-10-9-19-13-15-34(22-11-12-22)18-20(19)16-21/h5-10,16-17,22H,1,11-15,18H2,2-4H3,(H,30,31,33). The molecular formula is C29H33N7O. The molecule has 37 heavy (non-hydrogen) atoms. The van der Waals surface area contributed by atoms with Crippen LogP contribution in [0.4, 0.5) is 11.6 Å². The van der Waals surface area contributed by atoms with Crippen LogP contribution in [0.1, 0.15) is 50.4 Å². The van der Waals surface area contributed by atoms with Gasteiger partial charge in [0.15, 0.2) is 11.5 Å². The molecule has 0 spiro atoms. The summed E-state index contributed by atoms with van der Waals surface area (Å²) in [5.41, 5.74) is 4.87. The van der Waals surface area contributed by atoms with Gasteiger partial charge in [-0.2, -0.15) is 4.98 Å². The highest BCUT2D eigenvalue weighted by Crippen LogP contribution is 2.33. The topological polar surface area (TPSA) is 80.9 Å². The van der Waals surface area contributed by atoms with Gasteiger partial charge in [-0.15, -0.1) is 6.58 Å². The average Bonchev–Trinajstić information content (AvgIpc) is 3.69. The largest absolute Gasteiger partial charge is 0.324 e. The maximum Gasteiger partial charge on any atom is 0.278 e. The summed E-state index contributed by atoms with van der Waals surface area (Å²) >= 11 is 0. The molecule has 3 aromatic heterocycles. The predicted octanol–water partition coefficient (Wildman–Crippen LogP) is 4.72. The lowest BCUT2D eigenvalue weighted by atomic mass is 9.92. The van der Waals surface area contributed by atoms with Gasteiger partial charge in [-0.1, -0.05) is 39.0 Å². The molecule has 8 nitrogen and oxygen atoms in total. The molecule has 1 aliphatic heterocycles. The number of fused-ring (bicyclic) bond motifs is 2. The summed E-state index contributed by atoms with van der Waals surface area (Å²) in [5.74, 6) is 1.08. The Morgan fingerprint density at radius 3 is 2.73 bits per heavy atom. The van der Waals surface area contributed by atoms with Crippen molar-refractivity contribution < 1.29 is 0 Å². The highest BCUT2D eigenvalue weighted by Gasteiger charge is 2.31. The van der Waals surface area contributed by atoms with Gasteiger partial charge < -0.3 is 5.32 Å². The highest BCUT2D eigenvalue weighted by atomic mass is 16.1. The molecule has 0 bridgehead atoms. The monoisotopic (exact) mass is 495 g/mol. The van der Waals surface area contributed by atoms with Gasteiger partial charge in [0, 0.05) is 42.1 Å². The molecule has 1 N–H and O–H groups in total. The van der Waals surface area contributed by atoms with E-state index in [9.17, 15) is 4.79 Å². The lowest BCUT2D eigenvalue weighted by Gasteiger charge is -2.29. The number of benzene rings is 1. The van der Waals surface area contributed by atoms with Crippen LogP contribution in [0.3, 0.4) is 0 Å². The number of nitrogens with one attached hydrogen (secondary N) is 1. The zero-order valence-electron chi connectivity index (χ0n) is 21.7. The second-order valence-electron chi connectivity index (χ2n) is 11.1. The Balaban J connectivity index is 1.40. The Labute approximate surface area is 216 Å². The maximum atomic E-state index is 13.3. The molecule has 1 aliphatic carbocycles. The molecule has 0 atom stereocenters. The van der Waals surface area contributed by atoms with Crippen molar-refractivity contribution in [2.45, 2.75) is 64.6 Å². The number of pyridine rings is 1. The third kappa shape index (κ3) is 4.46. The molecule has 4 heterocycles. The van der Waals surface area contributed by atoms with Gasteiger partial charge in [0.1, 0.15) is 5.39 Å². The number of rotatable bonds is 6. The van der Waals surface area contributed by atoms with E-state index in [2.05, 4.69) is 60.7 Å². The molecule has 190 valence electrons. The number of anilines is 2. The number of nitrogens with zero attached hydrogens (tertiary/aromatic N) is 6. The Kier molecular flexibility index (Phi) is 5.71. The Morgan fingerprint density at radius 1 is 1.14 bits per heavy atom. The fourth-order valence-corrected chi connectivity index (χ4v) is 5.10. The van der Waals surface area contributed by atoms with Gasteiger partial charge >= 0.3 is 0 Å². The van der Waals surface area contributed by atoms with Crippen LogP contribution >= 0.6 is 0 Å². The highest BCUT2D eigenvalue weighted by molar-refractivity contribution is 5.77. The molecule has 1 aromatic carbocycles. The fourth-order valence-electron chi connectivity index (χ4n) is 5.10. The van der Waals surface area contributed by atoms with Crippen molar-refractivity contribution in [2.75, 3.05) is 11.9 Å². The van der Waals surface area contributed by atoms with Crippen molar-refractivity contribution in [3.8, 4) is 5.82 Å². The quantitative estimate of drug-likeness (QED) is 0.390. The van der Waals surface area contributed by atoms with Crippen LogP contribution in [0.2, 0.25) is 0 Å². The minimum absolute atomic E-state index is 0.133. The van der Waals surface area contributed by atoms with Crippen molar-refractivity contribution in [3.05, 3.63) is 82.4 Å². The second-order valence-corrected chi connectivity index (χ2v) is 11.1. The predicted molar refractivity (Wildman–Crippen MR) is 147 cm³/mol. The van der Waals surface area contributed by atoms with Gasteiger partial charge in [0.2, 0.25) is 5.95 Å². The normalized spacial score (nSPS) is 16.1. The van der Waals surface area contributed by atoms with Crippen molar-refractivity contribution in [2.24, 2.45) is 0 Å². The zero-order chi connectivity index (χ0) is 25.7. The van der Waals surface area contributed by atoms with E-state index >= 15 is 0 Å². The number of allylic oxidation sites excluding steroid dienone is 1. The Morgan fingerprint density at radius 2 is 1.97 bits per heavy atom. The minimum atomic E-state index is -0.168. The molecule has 0 saturated heterocycles. The lowest BCUT2D eigenvalue weighted by molar-refractivity contribution is 0.244. The molecule has 0 amide bonds. The first-order chi connectivity index (χ1) is 17.8. The van der Waals surface area contributed by atoms with Crippen LogP contribution in [-0.2, 0) is 24.9 Å². The summed E-state index contributed by atoms with van der Waals surface area (Å²) < 4.78 is 3.39. The SMILES string of the molecule is C=CCn1c(=O)c2cnc(Nc3ccc4c(c3)CN(C3CC3)CC4)nc2n1-c1cccc(C(C)(C)C)n1. The van der Waals surface area contributed by atoms with Gasteiger partial charge in [-0.25, -0.2) is 19.3 Å². The number of hydrogen-bond donors (Lipinski definition) is 1. The second kappa shape index (κ2) is 8.95. The van der Waals surface area contributed by atoms with E-state index < -0.39 is 0 Å². The third-order valence-electron chi connectivity index (χ3n) is 7.26. The molecule has 2 aliphatic rings. The molecule has 6 rings (SSSR count). The first kappa shape index (κ1) is 23.6. The summed E-state index contributed by atoms with van der Waals surface area (Å²) in [6.45, 7) is 12.7. The van der Waals surface area contributed by atoms with E-state index in [0.29, 0.717) is 29.3 Å². The van der Waals surface area contributed by atoms with E-state index in [1.54, 1.807) is 21.6 Å². The van der Waals surface area contributed by atoms with Gasteiger partial charge in [-0.05, 0) is 54.7 Å². The third-order valence-corrected chi connectivity index (χ3v) is 7.26. The molecule has 0 radical (unpaired) electrons. The Bertz CT molecular complexity index is 1560. The van der Waals surface area contributed by atoms with E-state index in [4.69, 9.17) is 9.97 Å². The smallest absolute Gasteiger partial charge is 0.278 e. The first-order valence-electron chi connectivity index (χ1n) is 13.0. The molecular weight excluding hydrogens is 462 g/mol. The molecule has 1 saturated carbocycles. The zero-order valence-corrected chi connectivity index (χ0v) is 21.7. The van der Waals surface area contributed by atoms with Crippen molar-refractivity contribution >= 4 is 22.7 Å².